The average Bonchev–Trinajstić information content (AvgIpc) is 3.04. The van der Waals surface area contributed by atoms with E-state index in [4.69, 9.17) is 15.3 Å². The number of carbonyl (C=O) groups is 1. The van der Waals surface area contributed by atoms with Crippen LogP contribution in [0, 0.1) is 22.7 Å². The number of ether oxygens (including phenoxy) is 1. The van der Waals surface area contributed by atoms with Crippen LogP contribution in [0.3, 0.4) is 0 Å². The predicted octanol–water partition coefficient (Wildman–Crippen LogP) is 3.49. The summed E-state index contributed by atoms with van der Waals surface area (Å²) in [6, 6.07) is 16.2. The molecule has 0 spiro atoms. The Bertz CT molecular complexity index is 1070. The lowest BCUT2D eigenvalue weighted by molar-refractivity contribution is -0.146. The lowest BCUT2D eigenvalue weighted by Gasteiger charge is -2.16. The van der Waals surface area contributed by atoms with E-state index in [-0.39, 0.29) is 5.97 Å². The molecule has 0 saturated carbocycles. The van der Waals surface area contributed by atoms with E-state index in [2.05, 4.69) is 17.1 Å². The van der Waals surface area contributed by atoms with Gasteiger partial charge in [0, 0.05) is 6.42 Å². The Balaban J connectivity index is 2.08. The molecular weight excluding hydrogens is 340 g/mol. The molecule has 1 aromatic heterocycles. The van der Waals surface area contributed by atoms with Crippen molar-refractivity contribution in [2.75, 3.05) is 6.61 Å². The maximum atomic E-state index is 12.3. The molecule has 6 nitrogen and oxygen atoms in total. The molecule has 0 aliphatic carbocycles. The van der Waals surface area contributed by atoms with Gasteiger partial charge in [-0.05, 0) is 49.7 Å². The number of nitriles is 2. The van der Waals surface area contributed by atoms with Crippen molar-refractivity contribution in [1.82, 2.24) is 9.55 Å². The van der Waals surface area contributed by atoms with Crippen LogP contribution in [0.2, 0.25) is 0 Å². The van der Waals surface area contributed by atoms with Gasteiger partial charge in [0.05, 0.1) is 40.9 Å². The topological polar surface area (TPSA) is 91.7 Å². The maximum absolute atomic E-state index is 12.3. The highest BCUT2D eigenvalue weighted by Gasteiger charge is 2.23. The fourth-order valence-electron chi connectivity index (χ4n) is 3.02. The number of hydrogen-bond donors (Lipinski definition) is 0. The molecule has 0 aliphatic heterocycles. The van der Waals surface area contributed by atoms with Gasteiger partial charge in [0.1, 0.15) is 11.9 Å². The zero-order valence-corrected chi connectivity index (χ0v) is 15.1. The van der Waals surface area contributed by atoms with Gasteiger partial charge < -0.3 is 9.30 Å². The van der Waals surface area contributed by atoms with E-state index in [9.17, 15) is 4.79 Å². The van der Waals surface area contributed by atoms with Crippen molar-refractivity contribution in [2.24, 2.45) is 0 Å². The first-order chi connectivity index (χ1) is 13.1. The minimum atomic E-state index is -0.545. The highest BCUT2D eigenvalue weighted by molar-refractivity contribution is 5.82. The summed E-state index contributed by atoms with van der Waals surface area (Å²) in [6.07, 6.45) is 0.492. The third-order valence-corrected chi connectivity index (χ3v) is 4.35. The summed E-state index contributed by atoms with van der Waals surface area (Å²) in [5.74, 6) is 0.368. The molecular formula is C21H18N4O2. The zero-order chi connectivity index (χ0) is 19.4. The predicted molar refractivity (Wildman–Crippen MR) is 99.8 cm³/mol. The Morgan fingerprint density at radius 1 is 1.15 bits per heavy atom. The van der Waals surface area contributed by atoms with Gasteiger partial charge in [-0.3, -0.25) is 0 Å². The highest BCUT2D eigenvalue weighted by Crippen LogP contribution is 2.25. The monoisotopic (exact) mass is 358 g/mol. The van der Waals surface area contributed by atoms with Crippen LogP contribution in [0.25, 0.3) is 11.0 Å². The van der Waals surface area contributed by atoms with Crippen LogP contribution in [0.15, 0.2) is 42.5 Å². The quantitative estimate of drug-likeness (QED) is 0.651. The summed E-state index contributed by atoms with van der Waals surface area (Å²) in [4.78, 5) is 17.0. The smallest absolute Gasteiger partial charge is 0.328 e. The number of esters is 1. The van der Waals surface area contributed by atoms with Crippen LogP contribution in [0.4, 0.5) is 0 Å². The molecule has 134 valence electrons. The molecule has 0 saturated heterocycles. The fourth-order valence-corrected chi connectivity index (χ4v) is 3.02. The van der Waals surface area contributed by atoms with Crippen molar-refractivity contribution in [3.05, 3.63) is 65.0 Å². The van der Waals surface area contributed by atoms with Crippen LogP contribution in [-0.4, -0.2) is 22.1 Å². The zero-order valence-electron chi connectivity index (χ0n) is 15.1. The van der Waals surface area contributed by atoms with E-state index in [0.717, 1.165) is 11.1 Å². The summed E-state index contributed by atoms with van der Waals surface area (Å²) >= 11 is 0. The Labute approximate surface area is 157 Å². The number of nitrogens with zero attached hydrogens (tertiary/aromatic N) is 4. The SMILES string of the molecule is CCOC(=O)C(C)n1c(Cc2ccc(C#N)cc2)nc2cc(C#N)ccc21. The molecule has 0 aliphatic rings. The van der Waals surface area contributed by atoms with Gasteiger partial charge in [-0.2, -0.15) is 10.5 Å². The van der Waals surface area contributed by atoms with Gasteiger partial charge in [0.25, 0.3) is 0 Å². The van der Waals surface area contributed by atoms with Gasteiger partial charge in [-0.25, -0.2) is 9.78 Å². The first-order valence-corrected chi connectivity index (χ1v) is 8.64. The molecule has 0 N–H and O–H groups in total. The second-order valence-electron chi connectivity index (χ2n) is 6.13. The fraction of sp³-hybridized carbons (Fsp3) is 0.238. The normalized spacial score (nSPS) is 11.6. The van der Waals surface area contributed by atoms with Crippen molar-refractivity contribution in [1.29, 1.82) is 10.5 Å². The van der Waals surface area contributed by atoms with E-state index in [1.165, 1.54) is 0 Å². The first-order valence-electron chi connectivity index (χ1n) is 8.64. The number of hydrogen-bond acceptors (Lipinski definition) is 5. The minimum absolute atomic E-state index is 0.305. The number of imidazole rings is 1. The molecule has 1 atom stereocenters. The highest BCUT2D eigenvalue weighted by atomic mass is 16.5. The van der Waals surface area contributed by atoms with Crippen LogP contribution in [0.5, 0.6) is 0 Å². The molecule has 1 heterocycles. The molecule has 0 radical (unpaired) electrons. The van der Waals surface area contributed by atoms with Crippen molar-refractivity contribution >= 4 is 17.0 Å². The summed E-state index contributed by atoms with van der Waals surface area (Å²) in [7, 11) is 0. The third kappa shape index (κ3) is 3.65. The molecule has 2 aromatic carbocycles. The molecule has 0 amide bonds. The van der Waals surface area contributed by atoms with Crippen LogP contribution in [0.1, 0.15) is 42.4 Å². The van der Waals surface area contributed by atoms with Crippen LogP contribution >= 0.6 is 0 Å². The van der Waals surface area contributed by atoms with E-state index in [0.29, 0.717) is 35.5 Å². The third-order valence-electron chi connectivity index (χ3n) is 4.35. The van der Waals surface area contributed by atoms with Crippen LogP contribution in [-0.2, 0) is 16.0 Å². The average molecular weight is 358 g/mol. The second-order valence-corrected chi connectivity index (χ2v) is 6.13. The minimum Gasteiger partial charge on any atom is -0.464 e. The Hall–Kier alpha value is -3.64. The number of carbonyl (C=O) groups excluding carboxylic acids is 1. The van der Waals surface area contributed by atoms with Gasteiger partial charge in [0.2, 0.25) is 0 Å². The van der Waals surface area contributed by atoms with Gasteiger partial charge in [-0.15, -0.1) is 0 Å². The van der Waals surface area contributed by atoms with Crippen molar-refractivity contribution in [3.63, 3.8) is 0 Å². The molecule has 27 heavy (non-hydrogen) atoms. The van der Waals surface area contributed by atoms with Crippen LogP contribution < -0.4 is 0 Å². The lowest BCUT2D eigenvalue weighted by atomic mass is 10.1. The van der Waals surface area contributed by atoms with E-state index < -0.39 is 6.04 Å². The molecule has 1 unspecified atom stereocenters. The Morgan fingerprint density at radius 2 is 1.81 bits per heavy atom. The number of aromatic nitrogens is 2. The number of rotatable bonds is 5. The Kier molecular flexibility index (Phi) is 5.19. The summed E-state index contributed by atoms with van der Waals surface area (Å²) in [6.45, 7) is 3.85. The second kappa shape index (κ2) is 7.72. The molecule has 3 rings (SSSR count). The van der Waals surface area contributed by atoms with Gasteiger partial charge in [-0.1, -0.05) is 12.1 Å². The van der Waals surface area contributed by atoms with Crippen molar-refractivity contribution in [2.45, 2.75) is 26.3 Å². The summed E-state index contributed by atoms with van der Waals surface area (Å²) < 4.78 is 7.03. The standard InChI is InChI=1S/C21H18N4O2/c1-3-27-21(26)14(2)25-19-9-8-17(13-23)10-18(19)24-20(25)11-15-4-6-16(12-22)7-5-15/h4-10,14H,3,11H2,1-2H3. The van der Waals surface area contributed by atoms with Gasteiger partial charge in [0.15, 0.2) is 0 Å². The van der Waals surface area contributed by atoms with Crippen molar-refractivity contribution < 1.29 is 9.53 Å². The summed E-state index contributed by atoms with van der Waals surface area (Å²) in [5.41, 5.74) is 3.51. The lowest BCUT2D eigenvalue weighted by Crippen LogP contribution is -2.21. The van der Waals surface area contributed by atoms with E-state index >= 15 is 0 Å². The van der Waals surface area contributed by atoms with E-state index in [1.54, 1.807) is 44.2 Å². The molecule has 6 heteroatoms. The molecule has 3 aromatic rings. The summed E-state index contributed by atoms with van der Waals surface area (Å²) in [5, 5.41) is 18.1. The van der Waals surface area contributed by atoms with E-state index in [1.807, 2.05) is 16.7 Å². The Morgan fingerprint density at radius 3 is 2.44 bits per heavy atom. The molecule has 0 fully saturated rings. The van der Waals surface area contributed by atoms with Gasteiger partial charge >= 0.3 is 5.97 Å². The number of fused-ring (bicyclic) bond motifs is 1. The van der Waals surface area contributed by atoms with Crippen molar-refractivity contribution in [3.8, 4) is 12.1 Å². The maximum Gasteiger partial charge on any atom is 0.328 e. The first kappa shape index (κ1) is 18.2. The number of benzene rings is 2. The largest absolute Gasteiger partial charge is 0.464 e. The molecule has 0 bridgehead atoms.